The van der Waals surface area contributed by atoms with Crippen LogP contribution >= 0.6 is 22.6 Å². The van der Waals surface area contributed by atoms with Crippen LogP contribution in [0.5, 0.6) is 0 Å². The monoisotopic (exact) mass is 441 g/mol. The summed E-state index contributed by atoms with van der Waals surface area (Å²) in [5, 5.41) is 2.88. The van der Waals surface area contributed by atoms with E-state index in [-0.39, 0.29) is 11.7 Å². The van der Waals surface area contributed by atoms with Gasteiger partial charge >= 0.3 is 0 Å². The highest BCUT2D eigenvalue weighted by Crippen LogP contribution is 2.18. The topological polar surface area (TPSA) is 46.2 Å². The van der Waals surface area contributed by atoms with E-state index in [1.54, 1.807) is 36.4 Å². The van der Waals surface area contributed by atoms with Crippen molar-refractivity contribution in [3.63, 3.8) is 0 Å². The first kappa shape index (κ1) is 17.4. The van der Waals surface area contributed by atoms with Crippen LogP contribution in [0.2, 0.25) is 0 Å². The summed E-state index contributed by atoms with van der Waals surface area (Å²) in [7, 11) is 0. The Balaban J connectivity index is 1.74. The standard InChI is InChI=1S/C21H16INO2/c1-14-13-18(11-12-19(14)22)23-21(25)17-9-7-16(8-10-17)20(24)15-5-3-2-4-6-15/h2-13H,1H3,(H,23,25). The molecule has 4 heteroatoms. The molecule has 0 heterocycles. The van der Waals surface area contributed by atoms with E-state index in [0.29, 0.717) is 16.7 Å². The summed E-state index contributed by atoms with van der Waals surface area (Å²) in [6.07, 6.45) is 0. The number of nitrogens with one attached hydrogen (secondary N) is 1. The van der Waals surface area contributed by atoms with Crippen molar-refractivity contribution in [1.82, 2.24) is 0 Å². The number of amides is 1. The van der Waals surface area contributed by atoms with Gasteiger partial charge in [-0.25, -0.2) is 0 Å². The van der Waals surface area contributed by atoms with Crippen LogP contribution in [-0.4, -0.2) is 11.7 Å². The molecule has 0 aromatic heterocycles. The minimum Gasteiger partial charge on any atom is -0.322 e. The maximum absolute atomic E-state index is 12.4. The second-order valence-electron chi connectivity index (χ2n) is 5.69. The van der Waals surface area contributed by atoms with E-state index in [1.165, 1.54) is 0 Å². The number of carbonyl (C=O) groups excluding carboxylic acids is 2. The Morgan fingerprint density at radius 2 is 1.40 bits per heavy atom. The Kier molecular flexibility index (Phi) is 5.28. The Hall–Kier alpha value is -2.47. The lowest BCUT2D eigenvalue weighted by atomic mass is 10.0. The molecular weight excluding hydrogens is 425 g/mol. The highest BCUT2D eigenvalue weighted by Gasteiger charge is 2.11. The molecule has 3 rings (SSSR count). The number of rotatable bonds is 4. The first-order chi connectivity index (χ1) is 12.0. The van der Waals surface area contributed by atoms with E-state index < -0.39 is 0 Å². The number of hydrogen-bond donors (Lipinski definition) is 1. The van der Waals surface area contributed by atoms with Gasteiger partial charge in [-0.3, -0.25) is 9.59 Å². The van der Waals surface area contributed by atoms with Gasteiger partial charge in [0, 0.05) is 25.9 Å². The van der Waals surface area contributed by atoms with Crippen LogP contribution in [0.15, 0.2) is 72.8 Å². The Morgan fingerprint density at radius 3 is 2.04 bits per heavy atom. The van der Waals surface area contributed by atoms with Crippen molar-refractivity contribution >= 4 is 40.0 Å². The van der Waals surface area contributed by atoms with E-state index in [1.807, 2.05) is 43.3 Å². The molecule has 0 fully saturated rings. The molecule has 0 saturated carbocycles. The fourth-order valence-electron chi connectivity index (χ4n) is 2.45. The van der Waals surface area contributed by atoms with Gasteiger partial charge in [0.25, 0.3) is 5.91 Å². The smallest absolute Gasteiger partial charge is 0.255 e. The summed E-state index contributed by atoms with van der Waals surface area (Å²) in [4.78, 5) is 24.8. The van der Waals surface area contributed by atoms with Gasteiger partial charge in [0.15, 0.2) is 5.78 Å². The summed E-state index contributed by atoms with van der Waals surface area (Å²) < 4.78 is 1.15. The van der Waals surface area contributed by atoms with Gasteiger partial charge < -0.3 is 5.32 Å². The van der Waals surface area contributed by atoms with Crippen molar-refractivity contribution < 1.29 is 9.59 Å². The molecule has 3 aromatic carbocycles. The van der Waals surface area contributed by atoms with Crippen molar-refractivity contribution in [3.8, 4) is 0 Å². The minimum absolute atomic E-state index is 0.0548. The number of ketones is 1. The average Bonchev–Trinajstić information content (AvgIpc) is 2.65. The predicted octanol–water partition coefficient (Wildman–Crippen LogP) is 5.08. The Labute approximate surface area is 160 Å². The molecule has 25 heavy (non-hydrogen) atoms. The molecule has 124 valence electrons. The number of aryl methyl sites for hydroxylation is 1. The summed E-state index contributed by atoms with van der Waals surface area (Å²) >= 11 is 2.26. The van der Waals surface area contributed by atoms with E-state index in [2.05, 4.69) is 27.9 Å². The van der Waals surface area contributed by atoms with E-state index >= 15 is 0 Å². The maximum atomic E-state index is 12.4. The number of halogens is 1. The fourth-order valence-corrected chi connectivity index (χ4v) is 2.79. The second-order valence-corrected chi connectivity index (χ2v) is 6.85. The number of anilines is 1. The molecule has 0 aliphatic rings. The zero-order valence-electron chi connectivity index (χ0n) is 13.6. The average molecular weight is 441 g/mol. The lowest BCUT2D eigenvalue weighted by Gasteiger charge is -2.08. The quantitative estimate of drug-likeness (QED) is 0.453. The van der Waals surface area contributed by atoms with Gasteiger partial charge in [0.1, 0.15) is 0 Å². The largest absolute Gasteiger partial charge is 0.322 e. The Bertz CT molecular complexity index is 918. The van der Waals surface area contributed by atoms with Gasteiger partial charge in [-0.05, 0) is 65.4 Å². The first-order valence-electron chi connectivity index (χ1n) is 7.82. The third-order valence-electron chi connectivity index (χ3n) is 3.86. The molecule has 1 N–H and O–H groups in total. The molecule has 3 nitrogen and oxygen atoms in total. The van der Waals surface area contributed by atoms with Crippen LogP contribution in [0.3, 0.4) is 0 Å². The van der Waals surface area contributed by atoms with Crippen LogP contribution in [-0.2, 0) is 0 Å². The molecule has 1 amide bonds. The van der Waals surface area contributed by atoms with Crippen LogP contribution in [0.4, 0.5) is 5.69 Å². The molecule has 3 aromatic rings. The molecule has 0 unspecified atom stereocenters. The van der Waals surface area contributed by atoms with Gasteiger partial charge in [-0.2, -0.15) is 0 Å². The SMILES string of the molecule is Cc1cc(NC(=O)c2ccc(C(=O)c3ccccc3)cc2)ccc1I. The second kappa shape index (κ2) is 7.61. The summed E-state index contributed by atoms with van der Waals surface area (Å²) in [5.41, 5.74) is 3.58. The van der Waals surface area contributed by atoms with Gasteiger partial charge in [0.05, 0.1) is 0 Å². The molecule has 0 aliphatic carbocycles. The minimum atomic E-state index is -0.195. The number of carbonyl (C=O) groups is 2. The summed E-state index contributed by atoms with van der Waals surface area (Å²) in [6, 6.07) is 21.6. The van der Waals surface area contributed by atoms with E-state index in [4.69, 9.17) is 0 Å². The Morgan fingerprint density at radius 1 is 0.800 bits per heavy atom. The van der Waals surface area contributed by atoms with Gasteiger partial charge in [-0.1, -0.05) is 42.5 Å². The molecule has 0 aliphatic heterocycles. The summed E-state index contributed by atoms with van der Waals surface area (Å²) in [6.45, 7) is 2.00. The highest BCUT2D eigenvalue weighted by atomic mass is 127. The lowest BCUT2D eigenvalue weighted by Crippen LogP contribution is -2.12. The van der Waals surface area contributed by atoms with Gasteiger partial charge in [0.2, 0.25) is 0 Å². The van der Waals surface area contributed by atoms with Crippen molar-refractivity contribution in [1.29, 1.82) is 0 Å². The fraction of sp³-hybridized carbons (Fsp3) is 0.0476. The molecule has 0 saturated heterocycles. The number of benzene rings is 3. The zero-order valence-corrected chi connectivity index (χ0v) is 15.8. The van der Waals surface area contributed by atoms with Crippen molar-refractivity contribution in [2.24, 2.45) is 0 Å². The van der Waals surface area contributed by atoms with Crippen LogP contribution in [0.1, 0.15) is 31.8 Å². The van der Waals surface area contributed by atoms with Crippen LogP contribution in [0, 0.1) is 10.5 Å². The van der Waals surface area contributed by atoms with Crippen molar-refractivity contribution in [2.45, 2.75) is 6.92 Å². The first-order valence-corrected chi connectivity index (χ1v) is 8.90. The molecule has 0 spiro atoms. The molecule has 0 radical (unpaired) electrons. The third kappa shape index (κ3) is 4.14. The normalized spacial score (nSPS) is 10.3. The zero-order chi connectivity index (χ0) is 17.8. The van der Waals surface area contributed by atoms with E-state index in [0.717, 1.165) is 14.8 Å². The maximum Gasteiger partial charge on any atom is 0.255 e. The predicted molar refractivity (Wildman–Crippen MR) is 108 cm³/mol. The third-order valence-corrected chi connectivity index (χ3v) is 5.07. The summed E-state index contributed by atoms with van der Waals surface area (Å²) in [5.74, 6) is -0.250. The molecule has 0 bridgehead atoms. The van der Waals surface area contributed by atoms with Crippen LogP contribution < -0.4 is 5.32 Å². The highest BCUT2D eigenvalue weighted by molar-refractivity contribution is 14.1. The molecular formula is C21H16INO2. The lowest BCUT2D eigenvalue weighted by molar-refractivity contribution is 0.102. The number of hydrogen-bond acceptors (Lipinski definition) is 2. The van der Waals surface area contributed by atoms with Gasteiger partial charge in [-0.15, -0.1) is 0 Å². The molecule has 0 atom stereocenters. The van der Waals surface area contributed by atoms with Crippen molar-refractivity contribution in [2.75, 3.05) is 5.32 Å². The van der Waals surface area contributed by atoms with E-state index in [9.17, 15) is 9.59 Å². The van der Waals surface area contributed by atoms with Crippen molar-refractivity contribution in [3.05, 3.63) is 98.6 Å². The van der Waals surface area contributed by atoms with Crippen LogP contribution in [0.25, 0.3) is 0 Å².